The minimum atomic E-state index is -0.0534. The Morgan fingerprint density at radius 1 is 1.50 bits per heavy atom. The van der Waals surface area contributed by atoms with Crippen LogP contribution in [0.4, 0.5) is 0 Å². The van der Waals surface area contributed by atoms with Crippen LogP contribution in [0, 0.1) is 5.92 Å². The molecule has 1 aliphatic rings. The maximum atomic E-state index is 12.1. The van der Waals surface area contributed by atoms with Crippen molar-refractivity contribution in [2.45, 2.75) is 25.5 Å². The monoisotopic (exact) mass is 372 g/mol. The lowest BCUT2D eigenvalue weighted by atomic mass is 10.2. The fourth-order valence-electron chi connectivity index (χ4n) is 2.17. The summed E-state index contributed by atoms with van der Waals surface area (Å²) in [7, 11) is 0. The van der Waals surface area contributed by atoms with Crippen LogP contribution in [0.2, 0.25) is 0 Å². The van der Waals surface area contributed by atoms with Crippen LogP contribution in [0.25, 0.3) is 0 Å². The number of rotatable bonds is 5. The first-order chi connectivity index (χ1) is 9.67. The summed E-state index contributed by atoms with van der Waals surface area (Å²) in [4.78, 5) is 16.3. The molecule has 7 heteroatoms. The van der Waals surface area contributed by atoms with Gasteiger partial charge in [0.15, 0.2) is 0 Å². The third kappa shape index (κ3) is 3.11. The summed E-state index contributed by atoms with van der Waals surface area (Å²) in [6.45, 7) is 0.391. The molecule has 2 aromatic rings. The molecule has 0 spiro atoms. The van der Waals surface area contributed by atoms with Crippen molar-refractivity contribution in [3.05, 3.63) is 36.9 Å². The van der Waals surface area contributed by atoms with Gasteiger partial charge in [-0.1, -0.05) is 0 Å². The number of nitrogens with zero attached hydrogens (tertiary/aromatic N) is 1. The van der Waals surface area contributed by atoms with E-state index >= 15 is 0 Å². The zero-order chi connectivity index (χ0) is 14.1. The molecule has 0 bridgehead atoms. The molecular formula is C13H13BrN2O2S2. The molecule has 0 radical (unpaired) electrons. The van der Waals surface area contributed by atoms with Gasteiger partial charge in [-0.3, -0.25) is 4.79 Å². The number of hydrogen-bond donors (Lipinski definition) is 2. The molecule has 1 aliphatic carbocycles. The van der Waals surface area contributed by atoms with Crippen molar-refractivity contribution in [3.8, 4) is 0 Å². The number of hydrogen-bond acceptors (Lipinski definition) is 5. The number of nitrogens with one attached hydrogen (secondary N) is 1. The molecule has 0 aliphatic heterocycles. The number of aliphatic hydroxyl groups excluding tert-OH is 1. The molecular weight excluding hydrogens is 360 g/mol. The molecule has 0 saturated heterocycles. The first kappa shape index (κ1) is 14.2. The number of aliphatic hydroxyl groups is 1. The predicted molar refractivity (Wildman–Crippen MR) is 82.8 cm³/mol. The van der Waals surface area contributed by atoms with E-state index in [0.717, 1.165) is 15.2 Å². The molecule has 1 saturated carbocycles. The second-order valence-corrected chi connectivity index (χ2v) is 7.97. The zero-order valence-electron chi connectivity index (χ0n) is 10.5. The summed E-state index contributed by atoms with van der Waals surface area (Å²) in [6.07, 6.45) is 0.925. The highest BCUT2D eigenvalue weighted by Gasteiger charge is 2.44. The topological polar surface area (TPSA) is 62.2 Å². The fraction of sp³-hybridized carbons (Fsp3) is 0.385. The van der Waals surface area contributed by atoms with E-state index in [0.29, 0.717) is 18.2 Å². The van der Waals surface area contributed by atoms with Crippen molar-refractivity contribution in [1.82, 2.24) is 10.3 Å². The summed E-state index contributed by atoms with van der Waals surface area (Å²) in [5.74, 6) is 0.550. The standard InChI is InChI=1S/C13H13BrN2O2S2/c14-11-1-7(5-19-11)9-2-10(9)13(18)15-3-12-16-8(4-17)6-20-12/h1,5-6,9-10,17H,2-4H2,(H,15,18)/t9-,10+/m0/s1. The number of carbonyl (C=O) groups is 1. The fourth-order valence-corrected chi connectivity index (χ4v) is 4.13. The highest BCUT2D eigenvalue weighted by Crippen LogP contribution is 2.49. The Balaban J connectivity index is 1.51. The Morgan fingerprint density at radius 3 is 3.00 bits per heavy atom. The van der Waals surface area contributed by atoms with Gasteiger partial charge in [0.05, 0.1) is 22.6 Å². The Morgan fingerprint density at radius 2 is 2.35 bits per heavy atom. The molecule has 4 nitrogen and oxygen atoms in total. The van der Waals surface area contributed by atoms with Gasteiger partial charge in [-0.25, -0.2) is 4.98 Å². The average molecular weight is 373 g/mol. The van der Waals surface area contributed by atoms with E-state index in [1.165, 1.54) is 16.9 Å². The maximum absolute atomic E-state index is 12.1. The van der Waals surface area contributed by atoms with E-state index in [4.69, 9.17) is 5.11 Å². The number of thiazole rings is 1. The number of halogens is 1. The van der Waals surface area contributed by atoms with Gasteiger partial charge >= 0.3 is 0 Å². The Hall–Kier alpha value is -0.760. The van der Waals surface area contributed by atoms with E-state index in [9.17, 15) is 4.79 Å². The van der Waals surface area contributed by atoms with Crippen LogP contribution in [-0.4, -0.2) is 16.0 Å². The number of amides is 1. The second kappa shape index (κ2) is 5.93. The van der Waals surface area contributed by atoms with Crippen molar-refractivity contribution in [2.75, 3.05) is 0 Å². The van der Waals surface area contributed by atoms with Gasteiger partial charge < -0.3 is 10.4 Å². The molecule has 106 valence electrons. The van der Waals surface area contributed by atoms with Gasteiger partial charge in [-0.05, 0) is 45.3 Å². The van der Waals surface area contributed by atoms with Crippen molar-refractivity contribution in [2.24, 2.45) is 5.92 Å². The molecule has 0 unspecified atom stereocenters. The van der Waals surface area contributed by atoms with Gasteiger partial charge in [0.25, 0.3) is 0 Å². The van der Waals surface area contributed by atoms with Crippen molar-refractivity contribution >= 4 is 44.5 Å². The SMILES string of the molecule is O=C(NCc1nc(CO)cs1)[C@@H]1C[C@H]1c1csc(Br)c1. The molecule has 0 aromatic carbocycles. The molecule has 20 heavy (non-hydrogen) atoms. The molecule has 2 atom stereocenters. The van der Waals surface area contributed by atoms with Gasteiger partial charge in [-0.15, -0.1) is 22.7 Å². The van der Waals surface area contributed by atoms with E-state index in [1.807, 2.05) is 5.38 Å². The van der Waals surface area contributed by atoms with Crippen LogP contribution in [0.15, 0.2) is 20.6 Å². The van der Waals surface area contributed by atoms with Gasteiger partial charge in [0.2, 0.25) is 5.91 Å². The largest absolute Gasteiger partial charge is 0.390 e. The molecule has 3 rings (SSSR count). The third-order valence-corrected chi connectivity index (χ3v) is 5.74. The number of thiophene rings is 1. The third-order valence-electron chi connectivity index (χ3n) is 3.32. The van der Waals surface area contributed by atoms with Gasteiger partial charge in [0.1, 0.15) is 5.01 Å². The Bertz CT molecular complexity index is 625. The smallest absolute Gasteiger partial charge is 0.224 e. The van der Waals surface area contributed by atoms with Gasteiger partial charge in [-0.2, -0.15) is 0 Å². The molecule has 2 N–H and O–H groups in total. The van der Waals surface area contributed by atoms with E-state index in [-0.39, 0.29) is 18.4 Å². The molecule has 2 aromatic heterocycles. The zero-order valence-corrected chi connectivity index (χ0v) is 13.7. The number of carbonyl (C=O) groups excluding carboxylic acids is 1. The first-order valence-electron chi connectivity index (χ1n) is 6.23. The van der Waals surface area contributed by atoms with Crippen molar-refractivity contribution in [3.63, 3.8) is 0 Å². The van der Waals surface area contributed by atoms with E-state index < -0.39 is 0 Å². The van der Waals surface area contributed by atoms with Crippen LogP contribution < -0.4 is 5.32 Å². The minimum Gasteiger partial charge on any atom is -0.390 e. The highest BCUT2D eigenvalue weighted by molar-refractivity contribution is 9.11. The van der Waals surface area contributed by atoms with Gasteiger partial charge in [0, 0.05) is 11.3 Å². The Kier molecular flexibility index (Phi) is 4.21. The van der Waals surface area contributed by atoms with Crippen LogP contribution >= 0.6 is 38.6 Å². The maximum Gasteiger partial charge on any atom is 0.224 e. The summed E-state index contributed by atoms with van der Waals surface area (Å²) in [5.41, 5.74) is 1.91. The normalized spacial score (nSPS) is 20.9. The molecule has 1 amide bonds. The van der Waals surface area contributed by atoms with E-state index in [2.05, 4.69) is 37.7 Å². The predicted octanol–water partition coefficient (Wildman–Crippen LogP) is 2.88. The van der Waals surface area contributed by atoms with Crippen molar-refractivity contribution in [1.29, 1.82) is 0 Å². The summed E-state index contributed by atoms with van der Waals surface area (Å²) in [6, 6.07) is 2.09. The first-order valence-corrected chi connectivity index (χ1v) is 8.78. The summed E-state index contributed by atoms with van der Waals surface area (Å²) >= 11 is 6.56. The average Bonchev–Trinajstić information content (AvgIpc) is 2.91. The van der Waals surface area contributed by atoms with Crippen LogP contribution in [0.3, 0.4) is 0 Å². The molecule has 1 fully saturated rings. The highest BCUT2D eigenvalue weighted by atomic mass is 79.9. The lowest BCUT2D eigenvalue weighted by Crippen LogP contribution is -2.24. The van der Waals surface area contributed by atoms with Crippen LogP contribution in [0.1, 0.15) is 28.6 Å². The lowest BCUT2D eigenvalue weighted by Gasteiger charge is -2.02. The summed E-state index contributed by atoms with van der Waals surface area (Å²) in [5, 5.41) is 16.6. The quantitative estimate of drug-likeness (QED) is 0.847. The van der Waals surface area contributed by atoms with Crippen molar-refractivity contribution < 1.29 is 9.90 Å². The lowest BCUT2D eigenvalue weighted by molar-refractivity contribution is -0.122. The van der Waals surface area contributed by atoms with E-state index in [1.54, 1.807) is 11.3 Å². The Labute approximate surface area is 133 Å². The summed E-state index contributed by atoms with van der Waals surface area (Å²) < 4.78 is 1.11. The molecule has 2 heterocycles. The number of aromatic nitrogens is 1. The van der Waals surface area contributed by atoms with Crippen LogP contribution in [-0.2, 0) is 17.9 Å². The van der Waals surface area contributed by atoms with Crippen LogP contribution in [0.5, 0.6) is 0 Å². The second-order valence-electron chi connectivity index (χ2n) is 4.74. The minimum absolute atomic E-state index is 0.0534.